The van der Waals surface area contributed by atoms with Gasteiger partial charge in [-0.2, -0.15) is 10.4 Å². The van der Waals surface area contributed by atoms with E-state index < -0.39 is 11.5 Å². The lowest BCUT2D eigenvalue weighted by Crippen LogP contribution is -2.42. The quantitative estimate of drug-likeness (QED) is 0.253. The van der Waals surface area contributed by atoms with E-state index >= 15 is 0 Å². The second-order valence-electron chi connectivity index (χ2n) is 11.1. The van der Waals surface area contributed by atoms with Gasteiger partial charge in [0.2, 0.25) is 0 Å². The fourth-order valence-corrected chi connectivity index (χ4v) is 6.63. The van der Waals surface area contributed by atoms with Crippen LogP contribution in [0.15, 0.2) is 83.8 Å². The number of rotatable bonds is 9. The molecule has 0 spiro atoms. The largest absolute Gasteiger partial charge is 0.497 e. The monoisotopic (exact) mass is 680 g/mol. The van der Waals surface area contributed by atoms with Crippen molar-refractivity contribution < 1.29 is 14.3 Å². The van der Waals surface area contributed by atoms with Crippen LogP contribution in [0.2, 0.25) is 5.02 Å². The summed E-state index contributed by atoms with van der Waals surface area (Å²) in [4.78, 5) is 29.9. The second kappa shape index (κ2) is 14.8. The van der Waals surface area contributed by atoms with E-state index in [4.69, 9.17) is 26.2 Å². The second-order valence-corrected chi connectivity index (χ2v) is 12.6. The van der Waals surface area contributed by atoms with Gasteiger partial charge in [-0.1, -0.05) is 35.9 Å². The summed E-state index contributed by atoms with van der Waals surface area (Å²) >= 11 is 7.56. The highest BCUT2D eigenvalue weighted by molar-refractivity contribution is 7.07. The number of nitrogens with zero attached hydrogens (tertiary/aromatic N) is 5. The highest BCUT2D eigenvalue weighted by Gasteiger charge is 2.19. The maximum absolute atomic E-state index is 14.2. The first-order chi connectivity index (χ1) is 23.4. The van der Waals surface area contributed by atoms with Gasteiger partial charge in [0.1, 0.15) is 22.2 Å². The first kappa shape index (κ1) is 32.9. The fraction of sp³-hybridized carbons (Fsp3) is 0.222. The Kier molecular flexibility index (Phi) is 10.2. The molecular weight excluding hydrogens is 648 g/mol. The number of benzene rings is 3. The maximum Gasteiger partial charge on any atom is 0.273 e. The van der Waals surface area contributed by atoms with E-state index in [1.54, 1.807) is 36.1 Å². The third kappa shape index (κ3) is 7.12. The van der Waals surface area contributed by atoms with E-state index in [-0.39, 0.29) is 10.2 Å². The molecule has 0 bridgehead atoms. The number of aryl methyl sites for hydroxylation is 1. The molecule has 0 aliphatic carbocycles. The summed E-state index contributed by atoms with van der Waals surface area (Å²) in [6.45, 7) is 5.68. The van der Waals surface area contributed by atoms with Crippen molar-refractivity contribution in [2.24, 2.45) is 0 Å². The summed E-state index contributed by atoms with van der Waals surface area (Å²) < 4.78 is 14.4. The number of hydrogen-bond donors (Lipinski definition) is 1. The van der Waals surface area contributed by atoms with E-state index in [1.165, 1.54) is 4.57 Å². The minimum Gasteiger partial charge on any atom is -0.497 e. The molecule has 12 heteroatoms. The van der Waals surface area contributed by atoms with Crippen molar-refractivity contribution in [1.29, 1.82) is 5.26 Å². The number of hydrogen-bond acceptors (Lipinski definition) is 8. The van der Waals surface area contributed by atoms with E-state index in [0.717, 1.165) is 41.2 Å². The van der Waals surface area contributed by atoms with Crippen molar-refractivity contribution in [3.05, 3.63) is 115 Å². The Balaban J connectivity index is 1.50. The maximum atomic E-state index is 14.2. The highest BCUT2D eigenvalue weighted by Crippen LogP contribution is 2.26. The molecule has 0 atom stereocenters. The summed E-state index contributed by atoms with van der Waals surface area (Å²) in [7, 11) is 1.61. The molecule has 5 aromatic rings. The summed E-state index contributed by atoms with van der Waals surface area (Å²) in [5.74, 6) is 0.151. The Labute approximate surface area is 286 Å². The smallest absolute Gasteiger partial charge is 0.273 e. The molecule has 1 aliphatic rings. The molecule has 48 heavy (non-hydrogen) atoms. The van der Waals surface area contributed by atoms with Crippen LogP contribution in [0.25, 0.3) is 34.3 Å². The van der Waals surface area contributed by atoms with Crippen LogP contribution in [-0.2, 0) is 9.53 Å². The number of carbonyl (C=O) groups excluding carboxylic acids is 1. The molecule has 2 aromatic heterocycles. The van der Waals surface area contributed by atoms with Crippen LogP contribution < -0.4 is 24.8 Å². The number of morpholine rings is 1. The van der Waals surface area contributed by atoms with Crippen LogP contribution in [-0.4, -0.2) is 71.7 Å². The van der Waals surface area contributed by atoms with Crippen LogP contribution in [0, 0.1) is 18.3 Å². The van der Waals surface area contributed by atoms with Crippen molar-refractivity contribution in [2.45, 2.75) is 6.92 Å². The minimum atomic E-state index is -0.554. The molecule has 1 amide bonds. The van der Waals surface area contributed by atoms with Gasteiger partial charge in [0.15, 0.2) is 5.57 Å². The van der Waals surface area contributed by atoms with Gasteiger partial charge in [-0.05, 0) is 67.1 Å². The molecule has 1 saturated heterocycles. The Morgan fingerprint density at radius 1 is 1.10 bits per heavy atom. The number of amides is 1. The SMILES string of the molecule is COc1ccc(-c2nn(-c3ccccc3)cc2/C=c2\s/c(=C(/C#N)C(=O)NCCN3CCOCC3)n(-c3ccc(C)c(Cl)c3)c2=O)cc1. The van der Waals surface area contributed by atoms with Gasteiger partial charge in [-0.25, -0.2) is 4.68 Å². The molecule has 3 heterocycles. The molecule has 1 aliphatic heterocycles. The van der Waals surface area contributed by atoms with E-state index in [2.05, 4.69) is 16.3 Å². The van der Waals surface area contributed by atoms with E-state index in [0.29, 0.717) is 58.6 Å². The normalized spacial score (nSPS) is 14.4. The molecule has 10 nitrogen and oxygen atoms in total. The first-order valence-corrected chi connectivity index (χ1v) is 16.6. The Morgan fingerprint density at radius 2 is 1.85 bits per heavy atom. The molecule has 0 saturated carbocycles. The zero-order chi connectivity index (χ0) is 33.6. The van der Waals surface area contributed by atoms with Gasteiger partial charge in [-0.15, -0.1) is 11.3 Å². The summed E-state index contributed by atoms with van der Waals surface area (Å²) in [5, 5.41) is 18.5. The molecule has 6 rings (SSSR count). The van der Waals surface area contributed by atoms with Crippen LogP contribution in [0.4, 0.5) is 0 Å². The lowest BCUT2D eigenvalue weighted by atomic mass is 10.1. The van der Waals surface area contributed by atoms with E-state index in [1.807, 2.05) is 67.7 Å². The number of para-hydroxylation sites is 1. The number of nitriles is 1. The molecule has 3 aromatic carbocycles. The predicted molar refractivity (Wildman–Crippen MR) is 187 cm³/mol. The Morgan fingerprint density at radius 3 is 2.54 bits per heavy atom. The summed E-state index contributed by atoms with van der Waals surface area (Å²) in [5.41, 5.74) is 3.72. The Hall–Kier alpha value is -4.99. The zero-order valence-corrected chi connectivity index (χ0v) is 28.1. The van der Waals surface area contributed by atoms with Crippen LogP contribution in [0.1, 0.15) is 11.1 Å². The van der Waals surface area contributed by atoms with Crippen LogP contribution >= 0.6 is 22.9 Å². The molecule has 1 fully saturated rings. The predicted octanol–water partition coefficient (Wildman–Crippen LogP) is 3.67. The van der Waals surface area contributed by atoms with E-state index in [9.17, 15) is 14.9 Å². The minimum absolute atomic E-state index is 0.161. The standard InChI is InChI=1S/C36H33ClN6O4S/c1-24-8-11-28(21-31(24)37)43-35(45)32(48-36(43)30(22-38)34(44)39-14-15-41-16-18-47-19-17-41)20-26-23-42(27-6-4-3-5-7-27)40-33(26)25-9-12-29(46-2)13-10-25/h3-13,20-21,23H,14-19H2,1-2H3,(H,39,44)/b32-20-,36-30-. The fourth-order valence-electron chi connectivity index (χ4n) is 5.36. The van der Waals surface area contributed by atoms with Crippen LogP contribution in [0.3, 0.4) is 0 Å². The number of halogens is 1. The Bertz CT molecular complexity index is 2160. The number of methoxy groups -OCH3 is 1. The molecule has 1 N–H and O–H groups in total. The van der Waals surface area contributed by atoms with Crippen molar-refractivity contribution in [2.75, 3.05) is 46.5 Å². The topological polar surface area (TPSA) is 114 Å². The molecule has 0 unspecified atom stereocenters. The van der Waals surface area contributed by atoms with Gasteiger partial charge < -0.3 is 14.8 Å². The van der Waals surface area contributed by atoms with Crippen molar-refractivity contribution >= 4 is 40.5 Å². The lowest BCUT2D eigenvalue weighted by Gasteiger charge is -2.26. The molecular formula is C36H33ClN6O4S. The van der Waals surface area contributed by atoms with Crippen molar-refractivity contribution in [3.63, 3.8) is 0 Å². The third-order valence-electron chi connectivity index (χ3n) is 8.02. The van der Waals surface area contributed by atoms with Gasteiger partial charge in [0.05, 0.1) is 36.2 Å². The first-order valence-electron chi connectivity index (χ1n) is 15.4. The van der Waals surface area contributed by atoms with Crippen LogP contribution in [0.5, 0.6) is 5.75 Å². The number of ether oxygens (including phenoxy) is 2. The molecule has 244 valence electrons. The number of aromatic nitrogens is 3. The lowest BCUT2D eigenvalue weighted by molar-refractivity contribution is -0.115. The average molecular weight is 681 g/mol. The van der Waals surface area contributed by atoms with Gasteiger partial charge in [0.25, 0.3) is 11.5 Å². The van der Waals surface area contributed by atoms with Crippen molar-refractivity contribution in [3.8, 4) is 34.5 Å². The summed E-state index contributed by atoms with van der Waals surface area (Å²) in [6, 6.07) is 24.5. The zero-order valence-electron chi connectivity index (χ0n) is 26.5. The summed E-state index contributed by atoms with van der Waals surface area (Å²) in [6.07, 6.45) is 3.61. The average Bonchev–Trinajstić information content (AvgIpc) is 3.68. The number of carbonyl (C=O) groups is 1. The number of nitrogens with one attached hydrogen (secondary N) is 1. The van der Waals surface area contributed by atoms with Gasteiger partial charge in [0, 0.05) is 48.5 Å². The number of thiazole rings is 1. The van der Waals surface area contributed by atoms with Gasteiger partial charge >= 0.3 is 0 Å². The molecule has 0 radical (unpaired) electrons. The third-order valence-corrected chi connectivity index (χ3v) is 9.52. The highest BCUT2D eigenvalue weighted by atomic mass is 35.5. The van der Waals surface area contributed by atoms with Gasteiger partial charge in [-0.3, -0.25) is 19.1 Å². The van der Waals surface area contributed by atoms with Crippen molar-refractivity contribution in [1.82, 2.24) is 24.6 Å².